The first kappa shape index (κ1) is 24.9. The Bertz CT molecular complexity index is 1210. The van der Waals surface area contributed by atoms with Gasteiger partial charge in [-0.15, -0.1) is 11.3 Å². The highest BCUT2D eigenvalue weighted by molar-refractivity contribution is 7.15. The van der Waals surface area contributed by atoms with E-state index < -0.39 is 0 Å². The molecule has 2 amide bonds. The summed E-state index contributed by atoms with van der Waals surface area (Å²) >= 11 is 1.26. The Balaban J connectivity index is 1.49. The number of thiophene rings is 1. The van der Waals surface area contributed by atoms with Gasteiger partial charge in [0.2, 0.25) is 0 Å². The molecule has 1 saturated heterocycles. The van der Waals surface area contributed by atoms with Gasteiger partial charge in [-0.1, -0.05) is 30.3 Å². The molecule has 4 rings (SSSR count). The number of amides is 2. The second-order valence-electron chi connectivity index (χ2n) is 9.32. The monoisotopic (exact) mass is 492 g/mol. The SMILES string of the molecule is CC(=O)c1ccc(C(=O)N2CCC([C@H](Cc3ccccc3)N(C)C(=O)c3cc(C)nn3C)CC2)s1. The maximum Gasteiger partial charge on any atom is 0.272 e. The molecule has 184 valence electrons. The highest BCUT2D eigenvalue weighted by atomic mass is 32.1. The maximum atomic E-state index is 13.4. The van der Waals surface area contributed by atoms with E-state index in [2.05, 4.69) is 17.2 Å². The number of carbonyl (C=O) groups excluding carboxylic acids is 3. The minimum Gasteiger partial charge on any atom is -0.338 e. The largest absolute Gasteiger partial charge is 0.338 e. The molecule has 7 nitrogen and oxygen atoms in total. The van der Waals surface area contributed by atoms with Gasteiger partial charge < -0.3 is 9.80 Å². The number of likely N-dealkylation sites (N-methyl/N-ethyl adjacent to an activating group) is 1. The molecular formula is C27H32N4O3S. The average Bonchev–Trinajstić information content (AvgIpc) is 3.48. The van der Waals surface area contributed by atoms with Crippen molar-refractivity contribution < 1.29 is 14.4 Å². The van der Waals surface area contributed by atoms with Crippen LogP contribution < -0.4 is 0 Å². The van der Waals surface area contributed by atoms with Crippen molar-refractivity contribution in [2.24, 2.45) is 13.0 Å². The Morgan fingerprint density at radius 3 is 2.31 bits per heavy atom. The topological polar surface area (TPSA) is 75.5 Å². The van der Waals surface area contributed by atoms with Gasteiger partial charge in [-0.05, 0) is 62.8 Å². The predicted molar refractivity (Wildman–Crippen MR) is 137 cm³/mol. The van der Waals surface area contributed by atoms with E-state index in [1.54, 1.807) is 23.9 Å². The Kier molecular flexibility index (Phi) is 7.50. The number of piperidine rings is 1. The van der Waals surface area contributed by atoms with Crippen molar-refractivity contribution in [3.63, 3.8) is 0 Å². The predicted octanol–water partition coefficient (Wildman–Crippen LogP) is 4.23. The van der Waals surface area contributed by atoms with Crippen LogP contribution in [0, 0.1) is 12.8 Å². The molecule has 8 heteroatoms. The smallest absolute Gasteiger partial charge is 0.272 e. The summed E-state index contributed by atoms with van der Waals surface area (Å²) in [5.74, 6) is 0.185. The molecule has 3 heterocycles. The summed E-state index contributed by atoms with van der Waals surface area (Å²) in [6.45, 7) is 4.67. The van der Waals surface area contributed by atoms with Crippen molar-refractivity contribution >= 4 is 28.9 Å². The molecule has 3 aromatic rings. The van der Waals surface area contributed by atoms with E-state index in [-0.39, 0.29) is 29.6 Å². The summed E-state index contributed by atoms with van der Waals surface area (Å²) in [6.07, 6.45) is 2.39. The summed E-state index contributed by atoms with van der Waals surface area (Å²) in [5, 5.41) is 4.35. The van der Waals surface area contributed by atoms with Crippen LogP contribution in [0.1, 0.15) is 60.9 Å². The molecule has 1 atom stereocenters. The lowest BCUT2D eigenvalue weighted by Gasteiger charge is -2.40. The fraction of sp³-hybridized carbons (Fsp3) is 0.407. The van der Waals surface area contributed by atoms with E-state index in [1.165, 1.54) is 23.8 Å². The number of aryl methyl sites for hydroxylation is 2. The zero-order valence-electron chi connectivity index (χ0n) is 20.7. The van der Waals surface area contributed by atoms with Crippen molar-refractivity contribution in [2.45, 2.75) is 39.2 Å². The number of hydrogen-bond donors (Lipinski definition) is 0. The van der Waals surface area contributed by atoms with Crippen LogP contribution in [0.4, 0.5) is 0 Å². The molecule has 1 aliphatic heterocycles. The van der Waals surface area contributed by atoms with Gasteiger partial charge >= 0.3 is 0 Å². The Morgan fingerprint density at radius 2 is 1.74 bits per heavy atom. The quantitative estimate of drug-likeness (QED) is 0.463. The van der Waals surface area contributed by atoms with Crippen LogP contribution in [0.3, 0.4) is 0 Å². The van der Waals surface area contributed by atoms with Gasteiger partial charge in [0.25, 0.3) is 11.8 Å². The maximum absolute atomic E-state index is 13.4. The first-order valence-electron chi connectivity index (χ1n) is 12.0. The third kappa shape index (κ3) is 5.53. The van der Waals surface area contributed by atoms with Crippen LogP contribution in [-0.4, -0.2) is 63.4 Å². The molecule has 0 radical (unpaired) electrons. The van der Waals surface area contributed by atoms with Gasteiger partial charge in [0, 0.05) is 33.2 Å². The van der Waals surface area contributed by atoms with Crippen molar-refractivity contribution in [1.82, 2.24) is 19.6 Å². The minimum atomic E-state index is -0.0390. The molecule has 0 N–H and O–H groups in total. The summed E-state index contributed by atoms with van der Waals surface area (Å²) in [5.41, 5.74) is 2.58. The number of likely N-dealkylation sites (tertiary alicyclic amines) is 1. The number of ketones is 1. The molecule has 1 aromatic carbocycles. The van der Waals surface area contributed by atoms with E-state index in [0.717, 1.165) is 25.0 Å². The van der Waals surface area contributed by atoms with Crippen molar-refractivity contribution in [3.8, 4) is 0 Å². The Labute approximate surface area is 210 Å². The van der Waals surface area contributed by atoms with Gasteiger partial charge in [-0.2, -0.15) is 5.10 Å². The van der Waals surface area contributed by atoms with Gasteiger partial charge in [0.15, 0.2) is 5.78 Å². The molecule has 2 aromatic heterocycles. The van der Waals surface area contributed by atoms with E-state index in [4.69, 9.17) is 0 Å². The van der Waals surface area contributed by atoms with Gasteiger partial charge in [0.1, 0.15) is 5.69 Å². The zero-order valence-corrected chi connectivity index (χ0v) is 21.5. The lowest BCUT2D eigenvalue weighted by molar-refractivity contribution is 0.0518. The minimum absolute atomic E-state index is 0.00316. The molecule has 0 spiro atoms. The number of rotatable bonds is 7. The average molecular weight is 493 g/mol. The first-order valence-corrected chi connectivity index (χ1v) is 12.8. The zero-order chi connectivity index (χ0) is 25.1. The molecule has 0 aliphatic carbocycles. The number of hydrogen-bond acceptors (Lipinski definition) is 5. The van der Waals surface area contributed by atoms with Gasteiger partial charge in [-0.3, -0.25) is 19.1 Å². The van der Waals surface area contributed by atoms with Gasteiger partial charge in [0.05, 0.1) is 15.4 Å². The van der Waals surface area contributed by atoms with E-state index >= 15 is 0 Å². The number of benzene rings is 1. The summed E-state index contributed by atoms with van der Waals surface area (Å²) in [4.78, 5) is 43.0. The highest BCUT2D eigenvalue weighted by Crippen LogP contribution is 2.29. The fourth-order valence-electron chi connectivity index (χ4n) is 4.90. The van der Waals surface area contributed by atoms with E-state index in [9.17, 15) is 14.4 Å². The molecule has 1 aliphatic rings. The third-order valence-corrected chi connectivity index (χ3v) is 8.04. The molecule has 1 fully saturated rings. The van der Waals surface area contributed by atoms with Crippen LogP contribution in [-0.2, 0) is 13.5 Å². The lowest BCUT2D eigenvalue weighted by Crippen LogP contribution is -2.48. The number of nitrogens with zero attached hydrogens (tertiary/aromatic N) is 4. The molecule has 0 saturated carbocycles. The molecule has 0 unspecified atom stereocenters. The van der Waals surface area contributed by atoms with Crippen molar-refractivity contribution in [2.75, 3.05) is 20.1 Å². The lowest BCUT2D eigenvalue weighted by atomic mass is 9.84. The second kappa shape index (κ2) is 10.6. The van der Waals surface area contributed by atoms with E-state index in [1.807, 2.05) is 48.0 Å². The Morgan fingerprint density at radius 1 is 1.09 bits per heavy atom. The van der Waals surface area contributed by atoms with Crippen LogP contribution in [0.2, 0.25) is 0 Å². The second-order valence-corrected chi connectivity index (χ2v) is 10.4. The first-order chi connectivity index (χ1) is 16.7. The van der Waals surface area contributed by atoms with E-state index in [0.29, 0.717) is 28.5 Å². The van der Waals surface area contributed by atoms with Crippen LogP contribution >= 0.6 is 11.3 Å². The van der Waals surface area contributed by atoms with Gasteiger partial charge in [-0.25, -0.2) is 0 Å². The fourth-order valence-corrected chi connectivity index (χ4v) is 5.77. The number of aromatic nitrogens is 2. The normalized spacial score (nSPS) is 15.1. The summed E-state index contributed by atoms with van der Waals surface area (Å²) in [7, 11) is 3.68. The van der Waals surface area contributed by atoms with Crippen LogP contribution in [0.15, 0.2) is 48.5 Å². The Hall–Kier alpha value is -3.26. The standard InChI is InChI=1S/C27H32N4O3S/c1-18-16-23(30(4)28-18)26(33)29(3)22(17-20-8-6-5-7-9-20)21-12-14-31(15-13-21)27(34)25-11-10-24(35-25)19(2)32/h5-11,16,21-22H,12-15,17H2,1-4H3/t22-/m0/s1. The van der Waals surface area contributed by atoms with Crippen molar-refractivity contribution in [1.29, 1.82) is 0 Å². The number of carbonyl (C=O) groups is 3. The number of Topliss-reactive ketones (excluding diaryl/α,β-unsaturated/α-hetero) is 1. The highest BCUT2D eigenvalue weighted by Gasteiger charge is 2.34. The third-order valence-electron chi connectivity index (χ3n) is 6.86. The molecule has 35 heavy (non-hydrogen) atoms. The van der Waals surface area contributed by atoms with Crippen LogP contribution in [0.25, 0.3) is 0 Å². The molecule has 0 bridgehead atoms. The summed E-state index contributed by atoms with van der Waals surface area (Å²) < 4.78 is 1.64. The van der Waals surface area contributed by atoms with Crippen LogP contribution in [0.5, 0.6) is 0 Å². The summed E-state index contributed by atoms with van der Waals surface area (Å²) in [6, 6.07) is 15.5. The van der Waals surface area contributed by atoms with Crippen molar-refractivity contribution in [3.05, 3.63) is 75.2 Å². The molecular weight excluding hydrogens is 460 g/mol.